The lowest BCUT2D eigenvalue weighted by Gasteiger charge is -2.16. The van der Waals surface area contributed by atoms with E-state index in [1.807, 2.05) is 18.2 Å². The number of halogens is 2. The Hall–Kier alpha value is -3.13. The van der Waals surface area contributed by atoms with E-state index in [0.717, 1.165) is 18.9 Å². The lowest BCUT2D eigenvalue weighted by molar-refractivity contribution is 0.627. The van der Waals surface area contributed by atoms with Crippen LogP contribution in [-0.4, -0.2) is 35.9 Å². The summed E-state index contributed by atoms with van der Waals surface area (Å²) in [6, 6.07) is 18.3. The summed E-state index contributed by atoms with van der Waals surface area (Å²) < 4.78 is 14.7. The number of hydrogen-bond acceptors (Lipinski definition) is 4. The molecule has 0 amide bonds. The van der Waals surface area contributed by atoms with Gasteiger partial charge in [0.1, 0.15) is 23.3 Å². The molecule has 2 aromatic carbocycles. The first kappa shape index (κ1) is 26.1. The lowest BCUT2D eigenvalue weighted by Crippen LogP contribution is -2.39. The largest absolute Gasteiger partial charge is 0.382 e. The van der Waals surface area contributed by atoms with Gasteiger partial charge < -0.3 is 16.4 Å². The summed E-state index contributed by atoms with van der Waals surface area (Å²) >= 11 is 0. The van der Waals surface area contributed by atoms with Crippen molar-refractivity contribution in [2.24, 2.45) is 4.99 Å². The van der Waals surface area contributed by atoms with Crippen LogP contribution in [0.1, 0.15) is 36.1 Å². The first-order valence-corrected chi connectivity index (χ1v) is 10.6. The van der Waals surface area contributed by atoms with Gasteiger partial charge in [0.2, 0.25) is 0 Å². The third-order valence-electron chi connectivity index (χ3n) is 5.23. The summed E-state index contributed by atoms with van der Waals surface area (Å²) in [4.78, 5) is 4.27. The second-order valence-electron chi connectivity index (χ2n) is 7.50. The number of nitrogens with zero attached hydrogens (tertiary/aromatic N) is 4. The first-order chi connectivity index (χ1) is 15.5. The van der Waals surface area contributed by atoms with Crippen LogP contribution in [0.15, 0.2) is 59.6 Å². The van der Waals surface area contributed by atoms with E-state index in [4.69, 9.17) is 5.73 Å². The number of rotatable bonds is 8. The van der Waals surface area contributed by atoms with Gasteiger partial charge in [0.25, 0.3) is 0 Å². The van der Waals surface area contributed by atoms with E-state index >= 15 is 0 Å². The topological polar surface area (TPSA) is 104 Å². The molecule has 174 valence electrons. The highest BCUT2D eigenvalue weighted by atomic mass is 127. The zero-order chi connectivity index (χ0) is 22.9. The van der Waals surface area contributed by atoms with Crippen LogP contribution in [0.3, 0.4) is 0 Å². The second-order valence-corrected chi connectivity index (χ2v) is 7.50. The Labute approximate surface area is 210 Å². The van der Waals surface area contributed by atoms with Crippen molar-refractivity contribution in [3.8, 4) is 11.8 Å². The number of benzene rings is 2. The molecular weight excluding hydrogens is 532 g/mol. The Morgan fingerprint density at radius 2 is 1.88 bits per heavy atom. The molecular formula is C24H29FIN7. The Balaban J connectivity index is 0.00000385. The van der Waals surface area contributed by atoms with Gasteiger partial charge in [-0.2, -0.15) is 10.4 Å². The van der Waals surface area contributed by atoms with Gasteiger partial charge in [-0.1, -0.05) is 37.3 Å². The number of aliphatic imine (C=N–C) groups is 1. The third-order valence-corrected chi connectivity index (χ3v) is 5.23. The zero-order valence-electron chi connectivity index (χ0n) is 18.8. The average molecular weight is 561 g/mol. The Kier molecular flexibility index (Phi) is 10.1. The van der Waals surface area contributed by atoms with Crippen LogP contribution in [0.25, 0.3) is 5.69 Å². The molecule has 9 heteroatoms. The fourth-order valence-corrected chi connectivity index (χ4v) is 3.39. The van der Waals surface area contributed by atoms with Crippen LogP contribution in [0, 0.1) is 17.1 Å². The molecule has 0 radical (unpaired) electrons. The fourth-order valence-electron chi connectivity index (χ4n) is 3.39. The Morgan fingerprint density at radius 1 is 1.18 bits per heavy atom. The molecule has 1 atom stereocenters. The van der Waals surface area contributed by atoms with Gasteiger partial charge >= 0.3 is 0 Å². The maximum atomic E-state index is 13.2. The van der Waals surface area contributed by atoms with Gasteiger partial charge in [-0.3, -0.25) is 4.99 Å². The molecule has 7 nitrogen and oxygen atoms in total. The number of aryl methyl sites for hydroxylation is 1. The molecule has 3 aromatic rings. The molecule has 0 spiro atoms. The Bertz CT molecular complexity index is 1090. The molecule has 0 aliphatic heterocycles. The van der Waals surface area contributed by atoms with Crippen LogP contribution in [0.4, 0.5) is 10.2 Å². The van der Waals surface area contributed by atoms with Crippen LogP contribution < -0.4 is 16.4 Å². The summed E-state index contributed by atoms with van der Waals surface area (Å²) in [7, 11) is 1.74. The predicted octanol–water partition coefficient (Wildman–Crippen LogP) is 3.98. The van der Waals surface area contributed by atoms with Crippen molar-refractivity contribution in [3.05, 3.63) is 77.2 Å². The number of hydrogen-bond donors (Lipinski definition) is 3. The number of guanidine groups is 1. The van der Waals surface area contributed by atoms with E-state index in [0.29, 0.717) is 35.8 Å². The zero-order valence-corrected chi connectivity index (χ0v) is 21.1. The van der Waals surface area contributed by atoms with Gasteiger partial charge in [-0.15, -0.1) is 24.0 Å². The van der Waals surface area contributed by atoms with Gasteiger partial charge in [0.15, 0.2) is 5.96 Å². The lowest BCUT2D eigenvalue weighted by atomic mass is 10.0. The van der Waals surface area contributed by atoms with Crippen molar-refractivity contribution in [3.63, 3.8) is 0 Å². The van der Waals surface area contributed by atoms with Crippen molar-refractivity contribution in [1.82, 2.24) is 20.4 Å². The first-order valence-electron chi connectivity index (χ1n) is 10.6. The van der Waals surface area contributed by atoms with Gasteiger partial charge in [-0.05, 0) is 48.6 Å². The van der Waals surface area contributed by atoms with E-state index in [1.165, 1.54) is 22.4 Å². The van der Waals surface area contributed by atoms with Crippen LogP contribution >= 0.6 is 24.0 Å². The SMILES string of the molecule is CN=C(NCCCc1nn(-c2ccc(F)cc2)c(N)c1C#N)NCC(C)c1ccccc1.I. The highest BCUT2D eigenvalue weighted by Crippen LogP contribution is 2.21. The van der Waals surface area contributed by atoms with E-state index in [9.17, 15) is 9.65 Å². The van der Waals surface area contributed by atoms with E-state index in [1.54, 1.807) is 19.2 Å². The van der Waals surface area contributed by atoms with Crippen LogP contribution in [0.2, 0.25) is 0 Å². The number of nitriles is 1. The maximum Gasteiger partial charge on any atom is 0.190 e. The monoisotopic (exact) mass is 561 g/mol. The summed E-state index contributed by atoms with van der Waals surface area (Å²) in [5, 5.41) is 20.6. The third kappa shape index (κ3) is 6.92. The van der Waals surface area contributed by atoms with E-state index in [2.05, 4.69) is 45.9 Å². The molecule has 0 aliphatic carbocycles. The number of nitrogen functional groups attached to an aromatic ring is 1. The van der Waals surface area contributed by atoms with Gasteiger partial charge in [-0.25, -0.2) is 9.07 Å². The molecule has 0 bridgehead atoms. The summed E-state index contributed by atoms with van der Waals surface area (Å²) in [5.41, 5.74) is 8.98. The molecule has 1 heterocycles. The number of anilines is 1. The van der Waals surface area contributed by atoms with Crippen molar-refractivity contribution in [2.75, 3.05) is 25.9 Å². The molecule has 33 heavy (non-hydrogen) atoms. The van der Waals surface area contributed by atoms with Crippen molar-refractivity contribution in [1.29, 1.82) is 5.26 Å². The minimum atomic E-state index is -0.341. The van der Waals surface area contributed by atoms with Crippen LogP contribution in [-0.2, 0) is 6.42 Å². The minimum absolute atomic E-state index is 0. The summed E-state index contributed by atoms with van der Waals surface area (Å²) in [6.45, 7) is 3.59. The molecule has 3 rings (SSSR count). The number of nitrogens with two attached hydrogens (primary N) is 1. The maximum absolute atomic E-state index is 13.2. The quantitative estimate of drug-likeness (QED) is 0.167. The van der Waals surface area contributed by atoms with E-state index < -0.39 is 0 Å². The molecule has 1 aromatic heterocycles. The average Bonchev–Trinajstić information content (AvgIpc) is 3.14. The fraction of sp³-hybridized carbons (Fsp3) is 0.292. The molecule has 0 saturated heterocycles. The highest BCUT2D eigenvalue weighted by Gasteiger charge is 2.16. The predicted molar refractivity (Wildman–Crippen MR) is 141 cm³/mol. The molecule has 1 unspecified atom stereocenters. The van der Waals surface area contributed by atoms with Crippen molar-refractivity contribution in [2.45, 2.75) is 25.7 Å². The van der Waals surface area contributed by atoms with Gasteiger partial charge in [0.05, 0.1) is 11.4 Å². The number of aromatic nitrogens is 2. The van der Waals surface area contributed by atoms with Crippen molar-refractivity contribution < 1.29 is 4.39 Å². The van der Waals surface area contributed by atoms with Gasteiger partial charge in [0, 0.05) is 20.1 Å². The standard InChI is InChI=1S/C24H28FN7.HI/c1-17(18-7-4-3-5-8-18)16-30-24(28-2)29-14-6-9-22-21(15-26)23(27)32(31-22)20-12-10-19(25)11-13-20;/h3-5,7-8,10-13,17H,6,9,14,16,27H2,1-2H3,(H2,28,29,30);1H. The highest BCUT2D eigenvalue weighted by molar-refractivity contribution is 14.0. The molecule has 0 fully saturated rings. The smallest absolute Gasteiger partial charge is 0.190 e. The summed E-state index contributed by atoms with van der Waals surface area (Å²) in [5.74, 6) is 0.997. The minimum Gasteiger partial charge on any atom is -0.382 e. The van der Waals surface area contributed by atoms with Crippen LogP contribution in [0.5, 0.6) is 0 Å². The van der Waals surface area contributed by atoms with E-state index in [-0.39, 0.29) is 35.6 Å². The molecule has 0 aliphatic rings. The number of nitrogens with one attached hydrogen (secondary N) is 2. The normalized spacial score (nSPS) is 11.9. The Morgan fingerprint density at radius 3 is 2.52 bits per heavy atom. The summed E-state index contributed by atoms with van der Waals surface area (Å²) in [6.07, 6.45) is 1.31. The molecule has 4 N–H and O–H groups in total. The molecule has 0 saturated carbocycles. The second kappa shape index (κ2) is 12.8. The van der Waals surface area contributed by atoms with Crippen molar-refractivity contribution >= 4 is 35.8 Å².